The Balaban J connectivity index is 1.66. The third-order valence-electron chi connectivity index (χ3n) is 5.31. The Labute approximate surface area is 170 Å². The van der Waals surface area contributed by atoms with Crippen LogP contribution in [0.3, 0.4) is 0 Å². The average molecular weight is 413 g/mol. The fourth-order valence-corrected chi connectivity index (χ4v) is 4.97. The molecule has 2 aliphatic rings. The number of benzene rings is 1. The highest BCUT2D eigenvalue weighted by Crippen LogP contribution is 2.52. The predicted octanol–water partition coefficient (Wildman–Crippen LogP) is 3.35. The lowest BCUT2D eigenvalue weighted by Crippen LogP contribution is -2.37. The largest absolute Gasteiger partial charge is 0.379 e. The Morgan fingerprint density at radius 3 is 2.93 bits per heavy atom. The lowest BCUT2D eigenvalue weighted by molar-refractivity contribution is 0.102. The van der Waals surface area contributed by atoms with Crippen LogP contribution in [0.25, 0.3) is 0 Å². The molecule has 1 aliphatic heterocycles. The summed E-state index contributed by atoms with van der Waals surface area (Å²) in [5.74, 6) is -0.614. The maximum atomic E-state index is 14.8. The number of aliphatic imine (C=N–C) groups is 1. The van der Waals surface area contributed by atoms with Gasteiger partial charge in [0.15, 0.2) is 5.17 Å². The van der Waals surface area contributed by atoms with Gasteiger partial charge < -0.3 is 11.1 Å². The molecule has 0 radical (unpaired) electrons. The van der Waals surface area contributed by atoms with E-state index in [0.29, 0.717) is 28.6 Å². The summed E-state index contributed by atoms with van der Waals surface area (Å²) < 4.78 is 29.1. The zero-order chi connectivity index (χ0) is 20.6. The number of aromatic nitrogens is 1. The van der Waals surface area contributed by atoms with Crippen molar-refractivity contribution >= 4 is 28.5 Å². The molecule has 3 N–H and O–H groups in total. The van der Waals surface area contributed by atoms with Gasteiger partial charge in [-0.25, -0.2) is 13.8 Å². The molecule has 6 nitrogen and oxygen atoms in total. The third kappa shape index (κ3) is 3.56. The van der Waals surface area contributed by atoms with E-state index >= 15 is 0 Å². The minimum absolute atomic E-state index is 0.0599. The van der Waals surface area contributed by atoms with Crippen LogP contribution in [0.5, 0.6) is 0 Å². The highest BCUT2D eigenvalue weighted by Gasteiger charge is 2.52. The van der Waals surface area contributed by atoms with Gasteiger partial charge in [-0.1, -0.05) is 11.8 Å². The fourth-order valence-electron chi connectivity index (χ4n) is 3.96. The molecule has 2 aromatic rings. The summed E-state index contributed by atoms with van der Waals surface area (Å²) in [5, 5.41) is 11.8. The van der Waals surface area contributed by atoms with Crippen molar-refractivity contribution in [2.24, 2.45) is 16.6 Å². The number of carbonyl (C=O) groups is 1. The van der Waals surface area contributed by atoms with E-state index in [2.05, 4.69) is 15.3 Å². The first-order valence-electron chi connectivity index (χ1n) is 9.01. The molecular formula is C20H17F2N5OS. The number of nitrogens with zero attached hydrogens (tertiary/aromatic N) is 3. The second-order valence-electron chi connectivity index (χ2n) is 7.11. The fraction of sp³-hybridized carbons (Fsp3) is 0.300. The summed E-state index contributed by atoms with van der Waals surface area (Å²) in [7, 11) is 0. The SMILES string of the molecule is N#Cc1ccc(C(=O)Nc2ccc(F)c(C34C[C@@H](F)CC3CSC(N)=N4)c2)nc1. The van der Waals surface area contributed by atoms with Crippen molar-refractivity contribution in [3.05, 3.63) is 59.2 Å². The Hall–Kier alpha value is -2.99. The lowest BCUT2D eigenvalue weighted by atomic mass is 9.81. The van der Waals surface area contributed by atoms with Gasteiger partial charge in [0.25, 0.3) is 5.91 Å². The number of rotatable bonds is 3. The summed E-state index contributed by atoms with van der Waals surface area (Å²) in [4.78, 5) is 20.9. The Morgan fingerprint density at radius 2 is 2.21 bits per heavy atom. The molecule has 1 aromatic heterocycles. The molecule has 0 bridgehead atoms. The first kappa shape index (κ1) is 19.3. The molecule has 0 spiro atoms. The number of thioether (sulfide) groups is 1. The van der Waals surface area contributed by atoms with Crippen molar-refractivity contribution in [2.75, 3.05) is 11.1 Å². The normalized spacial score (nSPS) is 25.6. The number of amidine groups is 1. The van der Waals surface area contributed by atoms with E-state index in [1.807, 2.05) is 6.07 Å². The van der Waals surface area contributed by atoms with Gasteiger partial charge in [-0.2, -0.15) is 5.26 Å². The van der Waals surface area contributed by atoms with Crippen molar-refractivity contribution in [1.29, 1.82) is 5.26 Å². The number of nitrogens with two attached hydrogens (primary N) is 1. The van der Waals surface area contributed by atoms with Gasteiger partial charge in [0.1, 0.15) is 23.8 Å². The number of fused-ring (bicyclic) bond motifs is 1. The second kappa shape index (κ2) is 7.44. The summed E-state index contributed by atoms with van der Waals surface area (Å²) in [6, 6.07) is 9.01. The molecule has 2 heterocycles. The van der Waals surface area contributed by atoms with Crippen molar-refractivity contribution in [2.45, 2.75) is 24.6 Å². The molecule has 29 heavy (non-hydrogen) atoms. The van der Waals surface area contributed by atoms with Gasteiger partial charge in [-0.3, -0.25) is 9.79 Å². The number of nitrogens with one attached hydrogen (secondary N) is 1. The van der Waals surface area contributed by atoms with E-state index in [1.165, 1.54) is 48.3 Å². The highest BCUT2D eigenvalue weighted by molar-refractivity contribution is 8.13. The number of anilines is 1. The van der Waals surface area contributed by atoms with E-state index in [9.17, 15) is 13.6 Å². The van der Waals surface area contributed by atoms with Crippen LogP contribution in [0, 0.1) is 23.1 Å². The van der Waals surface area contributed by atoms with Crippen LogP contribution < -0.4 is 11.1 Å². The van der Waals surface area contributed by atoms with Crippen molar-refractivity contribution in [3.8, 4) is 6.07 Å². The van der Waals surface area contributed by atoms with Crippen LogP contribution in [-0.2, 0) is 5.54 Å². The molecule has 3 atom stereocenters. The lowest BCUT2D eigenvalue weighted by Gasteiger charge is -2.35. The minimum Gasteiger partial charge on any atom is -0.379 e. The summed E-state index contributed by atoms with van der Waals surface area (Å²) >= 11 is 1.35. The maximum absolute atomic E-state index is 14.8. The number of halogens is 2. The summed E-state index contributed by atoms with van der Waals surface area (Å²) in [6.07, 6.45) is 0.571. The van der Waals surface area contributed by atoms with Crippen LogP contribution in [0.2, 0.25) is 0 Å². The molecule has 0 saturated heterocycles. The van der Waals surface area contributed by atoms with E-state index in [4.69, 9.17) is 11.0 Å². The molecule has 1 aliphatic carbocycles. The number of hydrogen-bond acceptors (Lipinski definition) is 6. The third-order valence-corrected chi connectivity index (χ3v) is 6.26. The van der Waals surface area contributed by atoms with E-state index in [-0.39, 0.29) is 23.6 Å². The zero-order valence-corrected chi connectivity index (χ0v) is 16.0. The Kier molecular flexibility index (Phi) is 4.96. The number of hydrogen-bond donors (Lipinski definition) is 2. The van der Waals surface area contributed by atoms with E-state index < -0.39 is 23.4 Å². The van der Waals surface area contributed by atoms with Crippen LogP contribution in [0.15, 0.2) is 41.5 Å². The minimum atomic E-state index is -1.09. The first-order chi connectivity index (χ1) is 13.9. The smallest absolute Gasteiger partial charge is 0.274 e. The molecule has 148 valence electrons. The maximum Gasteiger partial charge on any atom is 0.274 e. The second-order valence-corrected chi connectivity index (χ2v) is 8.15. The van der Waals surface area contributed by atoms with Crippen LogP contribution in [-0.4, -0.2) is 28.0 Å². The topological polar surface area (TPSA) is 104 Å². The van der Waals surface area contributed by atoms with Crippen LogP contribution in [0.1, 0.15) is 34.5 Å². The van der Waals surface area contributed by atoms with Crippen molar-refractivity contribution in [1.82, 2.24) is 4.98 Å². The average Bonchev–Trinajstić information content (AvgIpc) is 3.05. The molecule has 1 amide bonds. The van der Waals surface area contributed by atoms with Crippen LogP contribution >= 0.6 is 11.8 Å². The first-order valence-corrected chi connectivity index (χ1v) is 9.99. The van der Waals surface area contributed by atoms with Gasteiger partial charge in [-0.15, -0.1) is 0 Å². The standard InChI is InChI=1S/C20H17F2N5OS/c21-13-5-12-10-29-19(24)27-20(12,7-13)15-6-14(2-3-16(15)22)26-18(28)17-4-1-11(8-23)9-25-17/h1-4,6,9,12-13H,5,7,10H2,(H2,24,27)(H,26,28)/t12?,13-,20?/m0/s1. The van der Waals surface area contributed by atoms with E-state index in [1.54, 1.807) is 0 Å². The number of nitriles is 1. The molecule has 1 fully saturated rings. The zero-order valence-electron chi connectivity index (χ0n) is 15.2. The quantitative estimate of drug-likeness (QED) is 0.803. The highest BCUT2D eigenvalue weighted by atomic mass is 32.2. The Bertz CT molecular complexity index is 1040. The number of alkyl halides is 1. The molecule has 1 aromatic carbocycles. The molecule has 2 unspecified atom stereocenters. The van der Waals surface area contributed by atoms with Gasteiger partial charge in [0.2, 0.25) is 0 Å². The summed E-state index contributed by atoms with van der Waals surface area (Å²) in [6.45, 7) is 0. The number of carbonyl (C=O) groups excluding carboxylic acids is 1. The Morgan fingerprint density at radius 1 is 1.38 bits per heavy atom. The van der Waals surface area contributed by atoms with Gasteiger partial charge in [0.05, 0.1) is 11.1 Å². The van der Waals surface area contributed by atoms with Gasteiger partial charge in [0, 0.05) is 35.5 Å². The molecule has 1 saturated carbocycles. The van der Waals surface area contributed by atoms with Crippen molar-refractivity contribution < 1.29 is 13.6 Å². The number of amides is 1. The molecule has 4 rings (SSSR count). The van der Waals surface area contributed by atoms with Gasteiger partial charge >= 0.3 is 0 Å². The van der Waals surface area contributed by atoms with Crippen LogP contribution in [0.4, 0.5) is 14.5 Å². The van der Waals surface area contributed by atoms with Gasteiger partial charge in [-0.05, 0) is 36.8 Å². The van der Waals surface area contributed by atoms with E-state index in [0.717, 1.165) is 0 Å². The molecule has 9 heteroatoms. The number of pyridine rings is 1. The summed E-state index contributed by atoms with van der Waals surface area (Å²) in [5.41, 5.74) is 5.87. The monoisotopic (exact) mass is 413 g/mol. The molecular weight excluding hydrogens is 396 g/mol. The van der Waals surface area contributed by atoms with Crippen molar-refractivity contribution in [3.63, 3.8) is 0 Å². The predicted molar refractivity (Wildman–Crippen MR) is 107 cm³/mol.